The second-order valence-corrected chi connectivity index (χ2v) is 10.6. The second kappa shape index (κ2) is 8.14. The van der Waals surface area contributed by atoms with Gasteiger partial charge in [0.1, 0.15) is 5.60 Å². The minimum atomic E-state index is -2.78. The fraction of sp³-hybridized carbons (Fsp3) is 0.650. The molecule has 5 nitrogen and oxygen atoms in total. The molecule has 3 unspecified atom stereocenters. The van der Waals surface area contributed by atoms with E-state index >= 15 is 0 Å². The molecule has 0 aromatic heterocycles. The lowest BCUT2D eigenvalue weighted by molar-refractivity contribution is 0.00512. The van der Waals surface area contributed by atoms with Gasteiger partial charge in [0.2, 0.25) is 7.37 Å². The van der Waals surface area contributed by atoms with Crippen LogP contribution in [0, 0.1) is 5.92 Å². The van der Waals surface area contributed by atoms with E-state index < -0.39 is 13.0 Å². The largest absolute Gasteiger partial charge is 0.444 e. The van der Waals surface area contributed by atoms with Crippen molar-refractivity contribution in [3.05, 3.63) is 29.8 Å². The molecule has 1 saturated heterocycles. The van der Waals surface area contributed by atoms with Crippen LogP contribution in [-0.4, -0.2) is 36.4 Å². The summed E-state index contributed by atoms with van der Waals surface area (Å²) >= 11 is 0. The van der Waals surface area contributed by atoms with Crippen molar-refractivity contribution in [3.8, 4) is 0 Å². The third-order valence-corrected chi connectivity index (χ3v) is 6.60. The molecule has 0 bridgehead atoms. The molecule has 0 N–H and O–H groups in total. The van der Waals surface area contributed by atoms with E-state index in [-0.39, 0.29) is 12.1 Å². The lowest BCUT2D eigenvalue weighted by Gasteiger charge is -2.39. The maximum Gasteiger partial charge on any atom is 0.410 e. The molecule has 1 fully saturated rings. The van der Waals surface area contributed by atoms with Gasteiger partial charge < -0.3 is 14.2 Å². The van der Waals surface area contributed by atoms with Crippen molar-refractivity contribution >= 4 is 18.8 Å². The van der Waals surface area contributed by atoms with E-state index in [4.69, 9.17) is 9.26 Å². The summed E-state index contributed by atoms with van der Waals surface area (Å²) in [5.74, 6) is 0.541. The van der Waals surface area contributed by atoms with Crippen LogP contribution in [-0.2, 0) is 13.8 Å². The van der Waals surface area contributed by atoms with Crippen molar-refractivity contribution in [2.24, 2.45) is 5.92 Å². The highest BCUT2D eigenvalue weighted by atomic mass is 31.2. The minimum absolute atomic E-state index is 0.0222. The molecule has 1 amide bonds. The van der Waals surface area contributed by atoms with E-state index in [2.05, 4.69) is 6.92 Å². The molecule has 0 radical (unpaired) electrons. The fourth-order valence-corrected chi connectivity index (χ4v) is 4.62. The van der Waals surface area contributed by atoms with Gasteiger partial charge >= 0.3 is 6.09 Å². The molecule has 146 valence electrons. The number of rotatable bonds is 4. The molecule has 1 aliphatic heterocycles. The molecule has 0 aliphatic carbocycles. The predicted octanol–water partition coefficient (Wildman–Crippen LogP) is 4.96. The van der Waals surface area contributed by atoms with Gasteiger partial charge in [-0.1, -0.05) is 19.1 Å². The average molecular weight is 381 g/mol. The highest BCUT2D eigenvalue weighted by Gasteiger charge is 2.34. The summed E-state index contributed by atoms with van der Waals surface area (Å²) in [6.45, 7) is 12.4. The van der Waals surface area contributed by atoms with E-state index in [9.17, 15) is 9.36 Å². The van der Waals surface area contributed by atoms with E-state index in [1.54, 1.807) is 6.66 Å². The van der Waals surface area contributed by atoms with Crippen LogP contribution in [0.5, 0.6) is 0 Å². The topological polar surface area (TPSA) is 55.8 Å². The van der Waals surface area contributed by atoms with Gasteiger partial charge in [-0.05, 0) is 64.2 Å². The normalized spacial score (nSPS) is 23.4. The van der Waals surface area contributed by atoms with Crippen LogP contribution >= 0.6 is 7.37 Å². The zero-order chi connectivity index (χ0) is 19.5. The van der Waals surface area contributed by atoms with Crippen molar-refractivity contribution in [1.82, 2.24) is 4.90 Å². The average Bonchev–Trinajstić information content (AvgIpc) is 2.53. The SMILES string of the molecule is CCOP(C)(=O)c1ccc(C2CC(C)CCN2C(=O)OC(C)(C)C)cc1. The number of benzene rings is 1. The zero-order valence-corrected chi connectivity index (χ0v) is 17.7. The summed E-state index contributed by atoms with van der Waals surface area (Å²) in [4.78, 5) is 14.5. The minimum Gasteiger partial charge on any atom is -0.444 e. The van der Waals surface area contributed by atoms with E-state index in [0.717, 1.165) is 18.4 Å². The molecule has 1 aromatic carbocycles. The summed E-state index contributed by atoms with van der Waals surface area (Å²) in [6.07, 6.45) is 1.60. The van der Waals surface area contributed by atoms with Crippen LogP contribution in [0.4, 0.5) is 4.79 Å². The highest BCUT2D eigenvalue weighted by Crippen LogP contribution is 2.42. The predicted molar refractivity (Wildman–Crippen MR) is 105 cm³/mol. The summed E-state index contributed by atoms with van der Waals surface area (Å²) in [7, 11) is -2.78. The Bertz CT molecular complexity index is 665. The Hall–Kier alpha value is -1.32. The molecule has 1 aliphatic rings. The Balaban J connectivity index is 2.24. The van der Waals surface area contributed by atoms with Crippen molar-refractivity contribution < 1.29 is 18.6 Å². The number of piperidine rings is 1. The van der Waals surface area contributed by atoms with Crippen LogP contribution in [0.3, 0.4) is 0 Å². The number of likely N-dealkylation sites (tertiary alicyclic amines) is 1. The number of nitrogens with zero attached hydrogens (tertiary/aromatic N) is 1. The monoisotopic (exact) mass is 381 g/mol. The van der Waals surface area contributed by atoms with E-state index in [0.29, 0.717) is 24.4 Å². The molecule has 1 heterocycles. The second-order valence-electron chi connectivity index (χ2n) is 8.17. The quantitative estimate of drug-likeness (QED) is 0.692. The van der Waals surface area contributed by atoms with Gasteiger partial charge in [-0.3, -0.25) is 4.57 Å². The zero-order valence-electron chi connectivity index (χ0n) is 16.8. The Morgan fingerprint density at radius 2 is 1.88 bits per heavy atom. The number of carbonyl (C=O) groups is 1. The van der Waals surface area contributed by atoms with Gasteiger partial charge in [-0.25, -0.2) is 4.79 Å². The van der Waals surface area contributed by atoms with Crippen LogP contribution in [0.15, 0.2) is 24.3 Å². The van der Waals surface area contributed by atoms with Gasteiger partial charge in [0.15, 0.2) is 0 Å². The summed E-state index contributed by atoms with van der Waals surface area (Å²) in [5, 5.41) is 0.704. The number of carbonyl (C=O) groups excluding carboxylic acids is 1. The molecule has 0 spiro atoms. The van der Waals surface area contributed by atoms with Gasteiger partial charge in [0.25, 0.3) is 0 Å². The molecular weight excluding hydrogens is 349 g/mol. The van der Waals surface area contributed by atoms with Crippen molar-refractivity contribution in [2.45, 2.75) is 59.1 Å². The molecule has 6 heteroatoms. The Morgan fingerprint density at radius 3 is 2.42 bits per heavy atom. The van der Waals surface area contributed by atoms with Crippen LogP contribution in [0.25, 0.3) is 0 Å². The highest BCUT2D eigenvalue weighted by molar-refractivity contribution is 7.66. The Kier molecular flexibility index (Phi) is 6.57. The molecular formula is C20H32NO4P. The lowest BCUT2D eigenvalue weighted by Crippen LogP contribution is -2.43. The molecule has 0 saturated carbocycles. The first kappa shape index (κ1) is 21.0. The third kappa shape index (κ3) is 5.34. The number of hydrogen-bond acceptors (Lipinski definition) is 4. The van der Waals surface area contributed by atoms with E-state index in [1.165, 1.54) is 0 Å². The summed E-state index contributed by atoms with van der Waals surface area (Å²) < 4.78 is 23.6. The third-order valence-electron chi connectivity index (χ3n) is 4.61. The van der Waals surface area contributed by atoms with Gasteiger partial charge in [-0.15, -0.1) is 0 Å². The van der Waals surface area contributed by atoms with Crippen molar-refractivity contribution in [2.75, 3.05) is 19.8 Å². The van der Waals surface area contributed by atoms with Crippen LogP contribution in [0.1, 0.15) is 59.1 Å². The summed E-state index contributed by atoms with van der Waals surface area (Å²) in [5.41, 5.74) is 0.531. The Labute approximate surface area is 157 Å². The van der Waals surface area contributed by atoms with Gasteiger partial charge in [-0.2, -0.15) is 0 Å². The van der Waals surface area contributed by atoms with Crippen LogP contribution < -0.4 is 5.30 Å². The standard InChI is InChI=1S/C20H32NO4P/c1-7-24-26(6,23)17-10-8-16(9-11-17)18-14-15(2)12-13-21(18)19(22)25-20(3,4)5/h8-11,15,18H,7,12-14H2,1-6H3. The smallest absolute Gasteiger partial charge is 0.410 e. The molecule has 1 aromatic rings. The first-order valence-electron chi connectivity index (χ1n) is 9.35. The van der Waals surface area contributed by atoms with Crippen LogP contribution in [0.2, 0.25) is 0 Å². The maximum absolute atomic E-state index is 12.7. The molecule has 26 heavy (non-hydrogen) atoms. The van der Waals surface area contributed by atoms with Gasteiger partial charge in [0.05, 0.1) is 12.6 Å². The first-order chi connectivity index (χ1) is 12.0. The van der Waals surface area contributed by atoms with Gasteiger partial charge in [0, 0.05) is 18.5 Å². The first-order valence-corrected chi connectivity index (χ1v) is 11.4. The number of ether oxygens (including phenoxy) is 1. The fourth-order valence-electron chi connectivity index (χ4n) is 3.28. The maximum atomic E-state index is 12.7. The molecule has 3 atom stereocenters. The number of hydrogen-bond donors (Lipinski definition) is 0. The Morgan fingerprint density at radius 1 is 1.27 bits per heavy atom. The lowest BCUT2D eigenvalue weighted by atomic mass is 9.88. The van der Waals surface area contributed by atoms with E-state index in [1.807, 2.05) is 56.9 Å². The summed E-state index contributed by atoms with van der Waals surface area (Å²) in [6, 6.07) is 7.62. The molecule has 2 rings (SSSR count). The number of amides is 1. The van der Waals surface area contributed by atoms with Crippen molar-refractivity contribution in [3.63, 3.8) is 0 Å². The van der Waals surface area contributed by atoms with Crippen molar-refractivity contribution in [1.29, 1.82) is 0 Å².